The predicted octanol–water partition coefficient (Wildman–Crippen LogP) is 2.90. The maximum Gasteiger partial charge on any atom is 0.336 e. The van der Waals surface area contributed by atoms with Crippen LogP contribution < -0.4 is 15.6 Å². The van der Waals surface area contributed by atoms with E-state index < -0.39 is 19.5 Å². The molecule has 3 N–H and O–H groups in total. The highest BCUT2D eigenvalue weighted by Crippen LogP contribution is 2.42. The molecule has 1 unspecified atom stereocenters. The molecule has 0 saturated heterocycles. The first kappa shape index (κ1) is 24.2. The van der Waals surface area contributed by atoms with Crippen molar-refractivity contribution in [3.63, 3.8) is 0 Å². The van der Waals surface area contributed by atoms with Crippen LogP contribution in [0.3, 0.4) is 0 Å². The largest absolute Gasteiger partial charge is 0.779 e. The first-order valence-electron chi connectivity index (χ1n) is 10.3. The zero-order valence-electron chi connectivity index (χ0n) is 18.3. The van der Waals surface area contributed by atoms with E-state index in [2.05, 4.69) is 9.84 Å². The fraction of sp³-hybridized carbons (Fsp3) is 0.125. The van der Waals surface area contributed by atoms with E-state index in [9.17, 15) is 34.1 Å². The van der Waals surface area contributed by atoms with Crippen molar-refractivity contribution in [3.05, 3.63) is 75.9 Å². The van der Waals surface area contributed by atoms with Crippen LogP contribution in [0.1, 0.15) is 20.7 Å². The lowest BCUT2D eigenvalue weighted by atomic mass is 9.90. The molecule has 0 aromatic heterocycles. The molecule has 0 saturated carbocycles. The molecule has 4 rings (SSSR count). The second-order valence-corrected chi connectivity index (χ2v) is 9.54. The average molecular weight is 496 g/mol. The van der Waals surface area contributed by atoms with Crippen LogP contribution in [0.2, 0.25) is 0 Å². The molecule has 0 bridgehead atoms. The Morgan fingerprint density at radius 3 is 2.54 bits per heavy atom. The van der Waals surface area contributed by atoms with Crippen molar-refractivity contribution in [1.29, 1.82) is 0 Å². The Morgan fingerprint density at radius 1 is 1.09 bits per heavy atom. The van der Waals surface area contributed by atoms with Crippen molar-refractivity contribution < 1.29 is 38.2 Å². The number of carboxylic acid groups (broad SMARTS) is 1. The number of aromatic hydroxyl groups is 1. The highest BCUT2D eigenvalue weighted by atomic mass is 31.2. The smallest absolute Gasteiger partial charge is 0.336 e. The lowest BCUT2D eigenvalue weighted by molar-refractivity contribution is -0.196. The van der Waals surface area contributed by atoms with E-state index in [0.29, 0.717) is 16.5 Å². The van der Waals surface area contributed by atoms with Crippen LogP contribution in [0.4, 0.5) is 0 Å². The van der Waals surface area contributed by atoms with Crippen LogP contribution in [0.5, 0.6) is 5.75 Å². The molecule has 35 heavy (non-hydrogen) atoms. The van der Waals surface area contributed by atoms with Crippen molar-refractivity contribution in [2.45, 2.75) is 0 Å². The van der Waals surface area contributed by atoms with Crippen LogP contribution in [0.15, 0.2) is 63.8 Å². The molecule has 0 fully saturated rings. The minimum atomic E-state index is -3.93. The van der Waals surface area contributed by atoms with Gasteiger partial charge in [-0.2, -0.15) is 0 Å². The summed E-state index contributed by atoms with van der Waals surface area (Å²) in [7, 11) is -3.93. The topological polar surface area (TPSA) is 166 Å². The fourth-order valence-electron chi connectivity index (χ4n) is 3.71. The number of hydrogen-bond acceptors (Lipinski definition) is 8. The Kier molecular flexibility index (Phi) is 6.45. The third-order valence-corrected chi connectivity index (χ3v) is 5.82. The second kappa shape index (κ2) is 9.34. The number of benzene rings is 3. The summed E-state index contributed by atoms with van der Waals surface area (Å²) in [5.41, 5.74) is 0.988. The molecule has 1 amide bonds. The Balaban J connectivity index is 1.81. The third kappa shape index (κ3) is 5.25. The van der Waals surface area contributed by atoms with Gasteiger partial charge in [-0.3, -0.25) is 9.59 Å². The van der Waals surface area contributed by atoms with E-state index >= 15 is 0 Å². The number of carboxylic acids is 1. The van der Waals surface area contributed by atoms with Gasteiger partial charge in [-0.1, -0.05) is 6.07 Å². The number of aromatic carboxylic acids is 1. The van der Waals surface area contributed by atoms with E-state index in [1.807, 2.05) is 0 Å². The minimum absolute atomic E-state index is 0.0432. The first-order chi connectivity index (χ1) is 16.5. The minimum Gasteiger partial charge on any atom is -0.779 e. The average Bonchev–Trinajstić information content (AvgIpc) is 2.79. The van der Waals surface area contributed by atoms with Gasteiger partial charge in [0.1, 0.15) is 24.7 Å². The van der Waals surface area contributed by atoms with Crippen molar-refractivity contribution in [2.24, 2.45) is 0 Å². The number of fused-ring (bicyclic) bond motifs is 2. The lowest BCUT2D eigenvalue weighted by Gasteiger charge is -2.18. The van der Waals surface area contributed by atoms with Gasteiger partial charge in [-0.25, -0.2) is 4.79 Å². The van der Waals surface area contributed by atoms with Crippen molar-refractivity contribution in [3.8, 4) is 28.2 Å². The molecule has 0 radical (unpaired) electrons. The fourth-order valence-corrected chi connectivity index (χ4v) is 4.13. The monoisotopic (exact) mass is 496 g/mol. The van der Waals surface area contributed by atoms with Gasteiger partial charge in [0, 0.05) is 47.4 Å². The zero-order chi connectivity index (χ0) is 25.3. The normalized spacial score (nSPS) is 13.0. The highest BCUT2D eigenvalue weighted by Gasteiger charge is 2.23. The van der Waals surface area contributed by atoms with E-state index in [1.54, 1.807) is 6.07 Å². The number of nitrogens with one attached hydrogen (secondary N) is 1. The summed E-state index contributed by atoms with van der Waals surface area (Å²) < 4.78 is 21.4. The molecular formula is C24H19NO9P-. The van der Waals surface area contributed by atoms with Gasteiger partial charge in [-0.05, 0) is 42.0 Å². The molecule has 1 aliphatic carbocycles. The van der Waals surface area contributed by atoms with Gasteiger partial charge in [0.05, 0.1) is 12.2 Å². The maximum atomic E-state index is 12.5. The van der Waals surface area contributed by atoms with Crippen LogP contribution in [0, 0.1) is 0 Å². The van der Waals surface area contributed by atoms with Crippen molar-refractivity contribution in [1.82, 2.24) is 5.32 Å². The van der Waals surface area contributed by atoms with E-state index in [1.165, 1.54) is 48.5 Å². The quantitative estimate of drug-likeness (QED) is 0.198. The molecule has 180 valence electrons. The summed E-state index contributed by atoms with van der Waals surface area (Å²) in [6, 6.07) is 12.6. The van der Waals surface area contributed by atoms with Crippen molar-refractivity contribution >= 4 is 30.4 Å². The summed E-state index contributed by atoms with van der Waals surface area (Å²) >= 11 is 0. The Labute approximate surface area is 198 Å². The molecule has 2 aromatic carbocycles. The molecule has 1 heterocycles. The number of rotatable bonds is 7. The van der Waals surface area contributed by atoms with Crippen LogP contribution >= 0.6 is 7.60 Å². The molecular weight excluding hydrogens is 477 g/mol. The molecule has 1 aliphatic heterocycles. The Bertz CT molecular complexity index is 1540. The molecule has 11 heteroatoms. The number of phenols is 1. The summed E-state index contributed by atoms with van der Waals surface area (Å²) in [5, 5.41) is 22.8. The third-order valence-electron chi connectivity index (χ3n) is 5.17. The number of carbonyl (C=O) groups excluding carboxylic acids is 1. The summed E-state index contributed by atoms with van der Waals surface area (Å²) in [4.78, 5) is 47.7. The number of hydrogen-bond donors (Lipinski definition) is 3. The van der Waals surface area contributed by atoms with Gasteiger partial charge in [0.15, 0.2) is 5.43 Å². The SMILES string of the molecule is CP(=O)([O-])OCCNC(=O)c1ccc(-c2c3ccc(=O)cc-3oc3cc(O)ccc23)c(C(=O)O)c1. The van der Waals surface area contributed by atoms with Crippen LogP contribution in [-0.2, 0) is 9.09 Å². The van der Waals surface area contributed by atoms with Gasteiger partial charge >= 0.3 is 5.97 Å². The second-order valence-electron chi connectivity index (χ2n) is 7.74. The van der Waals surface area contributed by atoms with Gasteiger partial charge in [0.25, 0.3) is 5.91 Å². The molecule has 10 nitrogen and oxygen atoms in total. The number of amides is 1. The van der Waals surface area contributed by atoms with Gasteiger partial charge < -0.3 is 33.9 Å². The van der Waals surface area contributed by atoms with Crippen LogP contribution in [0.25, 0.3) is 33.4 Å². The number of carbonyl (C=O) groups is 2. The first-order valence-corrected chi connectivity index (χ1v) is 12.3. The molecule has 0 spiro atoms. The van der Waals surface area contributed by atoms with E-state index in [-0.39, 0.29) is 52.4 Å². The predicted molar refractivity (Wildman–Crippen MR) is 125 cm³/mol. The highest BCUT2D eigenvalue weighted by molar-refractivity contribution is 7.50. The molecule has 1 atom stereocenters. The zero-order valence-corrected chi connectivity index (χ0v) is 19.2. The Hall–Kier alpha value is -3.98. The van der Waals surface area contributed by atoms with Crippen molar-refractivity contribution in [2.75, 3.05) is 19.8 Å². The molecule has 2 aliphatic rings. The molecule has 2 aromatic rings. The van der Waals surface area contributed by atoms with E-state index in [4.69, 9.17) is 4.42 Å². The summed E-state index contributed by atoms with van der Waals surface area (Å²) in [6.07, 6.45) is 0. The van der Waals surface area contributed by atoms with Gasteiger partial charge in [0.2, 0.25) is 0 Å². The van der Waals surface area contributed by atoms with Crippen LogP contribution in [-0.4, -0.2) is 41.9 Å². The van der Waals surface area contributed by atoms with Gasteiger partial charge in [-0.15, -0.1) is 0 Å². The standard InChI is InChI=1S/C24H20NO9P/c1-35(31,32)33-9-8-25-23(28)13-2-5-16(19(10-13)24(29)30)22-17-6-3-14(26)11-20(17)34-21-12-15(27)4-7-18(21)22/h2-7,10-12,26H,8-9H2,1H3,(H,25,28)(H,29,30)(H,31,32)/p-1. The van der Waals surface area contributed by atoms with E-state index in [0.717, 1.165) is 6.66 Å². The summed E-state index contributed by atoms with van der Waals surface area (Å²) in [5.74, 6) is -1.78. The Morgan fingerprint density at radius 2 is 1.83 bits per heavy atom. The lowest BCUT2D eigenvalue weighted by Crippen LogP contribution is -2.27. The maximum absolute atomic E-state index is 12.5. The summed E-state index contributed by atoms with van der Waals surface area (Å²) in [6.45, 7) is 0.558. The number of phenolic OH excluding ortho intramolecular Hbond substituents is 1.